The normalized spacial score (nSPS) is 11.1. The zero-order chi connectivity index (χ0) is 22.8. The van der Waals surface area contributed by atoms with Crippen LogP contribution in [0.15, 0.2) is 78.9 Å². The molecule has 0 fully saturated rings. The number of benzene rings is 3. The molecule has 0 radical (unpaired) electrons. The van der Waals surface area contributed by atoms with E-state index >= 15 is 0 Å². The van der Waals surface area contributed by atoms with E-state index in [0.717, 1.165) is 11.1 Å². The number of rotatable bonds is 9. The molecule has 3 aromatic carbocycles. The van der Waals surface area contributed by atoms with E-state index in [0.29, 0.717) is 22.9 Å². The second-order valence-electron chi connectivity index (χ2n) is 6.99. The number of carbonyl (C=O) groups excluding carboxylic acids is 2. The third-order valence-electron chi connectivity index (χ3n) is 4.71. The maximum Gasteiger partial charge on any atom is 0.253 e. The van der Waals surface area contributed by atoms with Gasteiger partial charge in [0.25, 0.3) is 5.91 Å². The van der Waals surface area contributed by atoms with Crippen molar-refractivity contribution in [2.45, 2.75) is 19.0 Å². The van der Waals surface area contributed by atoms with Crippen molar-refractivity contribution < 1.29 is 14.3 Å². The Bertz CT molecular complexity index is 1110. The molecule has 0 bridgehead atoms. The molecule has 0 spiro atoms. The number of nitrogens with one attached hydrogen (secondary N) is 2. The number of nitriles is 1. The SMILES string of the molecule is N#CCOc1cccc(CNC(=O)CC(NC(=O)c2ccccc2Cl)c2ccccc2)c1. The summed E-state index contributed by atoms with van der Waals surface area (Å²) in [7, 11) is 0. The van der Waals surface area contributed by atoms with Gasteiger partial charge in [-0.3, -0.25) is 9.59 Å². The van der Waals surface area contributed by atoms with Gasteiger partial charge >= 0.3 is 0 Å². The monoisotopic (exact) mass is 447 g/mol. The summed E-state index contributed by atoms with van der Waals surface area (Å²) < 4.78 is 5.29. The van der Waals surface area contributed by atoms with E-state index in [1.54, 1.807) is 42.5 Å². The van der Waals surface area contributed by atoms with Gasteiger partial charge in [-0.15, -0.1) is 0 Å². The lowest BCUT2D eigenvalue weighted by Gasteiger charge is -2.19. The van der Waals surface area contributed by atoms with Crippen LogP contribution >= 0.6 is 11.6 Å². The molecule has 0 aliphatic heterocycles. The van der Waals surface area contributed by atoms with Crippen molar-refractivity contribution in [2.24, 2.45) is 0 Å². The summed E-state index contributed by atoms with van der Waals surface area (Å²) in [6.45, 7) is 0.252. The first-order valence-electron chi connectivity index (χ1n) is 10.0. The van der Waals surface area contributed by atoms with Crippen LogP contribution in [0, 0.1) is 11.3 Å². The maximum absolute atomic E-state index is 12.8. The third-order valence-corrected chi connectivity index (χ3v) is 5.04. The predicted molar refractivity (Wildman–Crippen MR) is 122 cm³/mol. The number of hydrogen-bond acceptors (Lipinski definition) is 4. The first-order chi connectivity index (χ1) is 15.6. The zero-order valence-corrected chi connectivity index (χ0v) is 18.0. The Morgan fingerprint density at radius 2 is 1.75 bits per heavy atom. The molecule has 1 atom stereocenters. The van der Waals surface area contributed by atoms with Crippen LogP contribution < -0.4 is 15.4 Å². The highest BCUT2D eigenvalue weighted by molar-refractivity contribution is 6.33. The van der Waals surface area contributed by atoms with Crippen LogP contribution in [0.3, 0.4) is 0 Å². The largest absolute Gasteiger partial charge is 0.479 e. The fourth-order valence-corrected chi connectivity index (χ4v) is 3.36. The van der Waals surface area contributed by atoms with Crippen LogP contribution in [0.1, 0.15) is 33.9 Å². The molecule has 2 N–H and O–H groups in total. The maximum atomic E-state index is 12.8. The Morgan fingerprint density at radius 3 is 2.50 bits per heavy atom. The van der Waals surface area contributed by atoms with Gasteiger partial charge in [-0.05, 0) is 35.4 Å². The molecule has 0 heterocycles. The van der Waals surface area contributed by atoms with Gasteiger partial charge in [0.1, 0.15) is 11.8 Å². The van der Waals surface area contributed by atoms with Crippen LogP contribution in [0.4, 0.5) is 0 Å². The Labute approximate surface area is 191 Å². The lowest BCUT2D eigenvalue weighted by atomic mass is 10.0. The quantitative estimate of drug-likeness (QED) is 0.508. The molecule has 0 aliphatic carbocycles. The molecule has 32 heavy (non-hydrogen) atoms. The molecular weight excluding hydrogens is 426 g/mol. The van der Waals surface area contributed by atoms with Crippen molar-refractivity contribution in [3.8, 4) is 11.8 Å². The molecule has 2 amide bonds. The summed E-state index contributed by atoms with van der Waals surface area (Å²) in [4.78, 5) is 25.4. The molecule has 3 aromatic rings. The lowest BCUT2D eigenvalue weighted by Crippen LogP contribution is -2.33. The number of amides is 2. The molecular formula is C25H22ClN3O3. The number of nitrogens with zero attached hydrogens (tertiary/aromatic N) is 1. The molecule has 0 saturated heterocycles. The van der Waals surface area contributed by atoms with Crippen LogP contribution in [0.25, 0.3) is 0 Å². The van der Waals surface area contributed by atoms with Crippen molar-refractivity contribution in [3.05, 3.63) is 101 Å². The van der Waals surface area contributed by atoms with E-state index in [1.165, 1.54) is 0 Å². The summed E-state index contributed by atoms with van der Waals surface area (Å²) in [6, 6.07) is 24.6. The molecule has 162 valence electrons. The minimum absolute atomic E-state index is 0.0420. The summed E-state index contributed by atoms with van der Waals surface area (Å²) in [5.41, 5.74) is 2.00. The minimum atomic E-state index is -0.523. The smallest absolute Gasteiger partial charge is 0.253 e. The fourth-order valence-electron chi connectivity index (χ4n) is 3.14. The van der Waals surface area contributed by atoms with Crippen molar-refractivity contribution >= 4 is 23.4 Å². The van der Waals surface area contributed by atoms with Crippen LogP contribution in [0.5, 0.6) is 5.75 Å². The van der Waals surface area contributed by atoms with Gasteiger partial charge in [-0.2, -0.15) is 5.26 Å². The van der Waals surface area contributed by atoms with E-state index in [9.17, 15) is 9.59 Å². The molecule has 3 rings (SSSR count). The van der Waals surface area contributed by atoms with Crippen molar-refractivity contribution in [2.75, 3.05) is 6.61 Å². The Morgan fingerprint density at radius 1 is 1.00 bits per heavy atom. The van der Waals surface area contributed by atoms with E-state index in [2.05, 4.69) is 10.6 Å². The van der Waals surface area contributed by atoms with Gasteiger partial charge in [-0.25, -0.2) is 0 Å². The average Bonchev–Trinajstić information content (AvgIpc) is 2.82. The van der Waals surface area contributed by atoms with E-state index in [1.807, 2.05) is 42.5 Å². The third kappa shape index (κ3) is 6.59. The van der Waals surface area contributed by atoms with Crippen LogP contribution in [-0.2, 0) is 11.3 Å². The first kappa shape index (κ1) is 22.9. The second kappa shape index (κ2) is 11.5. The lowest BCUT2D eigenvalue weighted by molar-refractivity contribution is -0.121. The molecule has 0 aromatic heterocycles. The van der Waals surface area contributed by atoms with E-state index < -0.39 is 6.04 Å². The van der Waals surface area contributed by atoms with Crippen LogP contribution in [0.2, 0.25) is 5.02 Å². The van der Waals surface area contributed by atoms with Gasteiger partial charge in [0.2, 0.25) is 5.91 Å². The summed E-state index contributed by atoms with van der Waals surface area (Å²) in [5.74, 6) is -0.00582. The van der Waals surface area contributed by atoms with Crippen molar-refractivity contribution in [1.29, 1.82) is 5.26 Å². The molecule has 6 nitrogen and oxygen atoms in total. The van der Waals surface area contributed by atoms with E-state index in [4.69, 9.17) is 21.6 Å². The second-order valence-corrected chi connectivity index (χ2v) is 7.40. The highest BCUT2D eigenvalue weighted by Gasteiger charge is 2.20. The van der Waals surface area contributed by atoms with E-state index in [-0.39, 0.29) is 24.8 Å². The van der Waals surface area contributed by atoms with Gasteiger partial charge in [0.05, 0.1) is 23.0 Å². The number of ether oxygens (including phenoxy) is 1. The molecule has 0 saturated carbocycles. The molecule has 0 aliphatic rings. The fraction of sp³-hybridized carbons (Fsp3) is 0.160. The minimum Gasteiger partial charge on any atom is -0.479 e. The first-order valence-corrected chi connectivity index (χ1v) is 10.4. The Kier molecular flexibility index (Phi) is 8.24. The number of hydrogen-bond donors (Lipinski definition) is 2. The summed E-state index contributed by atoms with van der Waals surface area (Å²) >= 11 is 6.15. The van der Waals surface area contributed by atoms with Crippen molar-refractivity contribution in [3.63, 3.8) is 0 Å². The van der Waals surface area contributed by atoms with Gasteiger partial charge in [0, 0.05) is 6.54 Å². The van der Waals surface area contributed by atoms with Gasteiger partial charge in [-0.1, -0.05) is 66.2 Å². The summed E-state index contributed by atoms with van der Waals surface area (Å²) in [6.07, 6.45) is 0.0603. The Hall–Kier alpha value is -3.82. The Balaban J connectivity index is 1.66. The van der Waals surface area contributed by atoms with Gasteiger partial charge in [0.15, 0.2) is 6.61 Å². The van der Waals surface area contributed by atoms with Crippen LogP contribution in [-0.4, -0.2) is 18.4 Å². The number of halogens is 1. The topological polar surface area (TPSA) is 91.2 Å². The molecule has 7 heteroatoms. The van der Waals surface area contributed by atoms with Crippen molar-refractivity contribution in [1.82, 2.24) is 10.6 Å². The van der Waals surface area contributed by atoms with Gasteiger partial charge < -0.3 is 15.4 Å². The molecule has 1 unspecified atom stereocenters. The predicted octanol–water partition coefficient (Wildman–Crippen LogP) is 4.42. The standard InChI is InChI=1S/C25H22ClN3O3/c26-22-12-5-4-11-21(22)25(31)29-23(19-8-2-1-3-9-19)16-24(30)28-17-18-7-6-10-20(15-18)32-14-13-27/h1-12,15,23H,14,16-17H2,(H,28,30)(H,29,31). The average molecular weight is 448 g/mol. The zero-order valence-electron chi connectivity index (χ0n) is 17.3. The highest BCUT2D eigenvalue weighted by atomic mass is 35.5. The highest BCUT2D eigenvalue weighted by Crippen LogP contribution is 2.20. The summed E-state index contributed by atoms with van der Waals surface area (Å²) in [5, 5.41) is 14.8. The number of carbonyl (C=O) groups is 2.